The smallest absolute Gasteiger partial charge is 0.264 e. The van der Waals surface area contributed by atoms with E-state index in [4.69, 9.17) is 9.47 Å². The van der Waals surface area contributed by atoms with Crippen LogP contribution >= 0.6 is 0 Å². The lowest BCUT2D eigenvalue weighted by Gasteiger charge is -2.32. The molecule has 4 rings (SSSR count). The number of anilines is 2. The van der Waals surface area contributed by atoms with Crippen molar-refractivity contribution in [3.8, 4) is 11.5 Å². The third kappa shape index (κ3) is 6.70. The van der Waals surface area contributed by atoms with Crippen molar-refractivity contribution in [2.24, 2.45) is 5.92 Å². The number of nitrogens with one attached hydrogen (secondary N) is 1. The van der Waals surface area contributed by atoms with Gasteiger partial charge in [0.1, 0.15) is 6.54 Å². The first-order valence-electron chi connectivity index (χ1n) is 13.6. The summed E-state index contributed by atoms with van der Waals surface area (Å²) in [6.45, 7) is 7.77. The van der Waals surface area contributed by atoms with Gasteiger partial charge in [-0.05, 0) is 74.6 Å². The maximum Gasteiger partial charge on any atom is 0.264 e. The van der Waals surface area contributed by atoms with Crippen LogP contribution in [0.2, 0.25) is 0 Å². The summed E-state index contributed by atoms with van der Waals surface area (Å²) < 4.78 is 39.3. The minimum absolute atomic E-state index is 0.0939. The highest BCUT2D eigenvalue weighted by atomic mass is 32.2. The number of aryl methyl sites for hydroxylation is 1. The zero-order chi connectivity index (χ0) is 28.9. The number of piperidine rings is 1. The lowest BCUT2D eigenvalue weighted by atomic mass is 9.98. The molecule has 0 radical (unpaired) electrons. The molecule has 3 aromatic carbocycles. The van der Waals surface area contributed by atoms with E-state index in [1.54, 1.807) is 42.5 Å². The Morgan fingerprint density at radius 2 is 1.60 bits per heavy atom. The average Bonchev–Trinajstić information content (AvgIpc) is 2.96. The van der Waals surface area contributed by atoms with E-state index in [9.17, 15) is 13.2 Å². The van der Waals surface area contributed by atoms with Gasteiger partial charge in [0.15, 0.2) is 11.5 Å². The topological polar surface area (TPSA) is 88.2 Å². The van der Waals surface area contributed by atoms with Gasteiger partial charge in [0.2, 0.25) is 5.91 Å². The van der Waals surface area contributed by atoms with Crippen molar-refractivity contribution in [1.29, 1.82) is 0 Å². The maximum absolute atomic E-state index is 13.8. The highest BCUT2D eigenvalue weighted by Crippen LogP contribution is 2.34. The van der Waals surface area contributed by atoms with Crippen molar-refractivity contribution >= 4 is 27.3 Å². The Morgan fingerprint density at radius 1 is 0.975 bits per heavy atom. The van der Waals surface area contributed by atoms with E-state index >= 15 is 0 Å². The van der Waals surface area contributed by atoms with E-state index < -0.39 is 22.5 Å². The van der Waals surface area contributed by atoms with Crippen LogP contribution in [0.1, 0.15) is 43.9 Å². The quantitative estimate of drug-likeness (QED) is 0.358. The molecule has 0 aromatic heterocycles. The van der Waals surface area contributed by atoms with E-state index in [1.807, 2.05) is 26.0 Å². The molecule has 8 nitrogen and oxygen atoms in total. The molecule has 1 amide bonds. The predicted octanol–water partition coefficient (Wildman–Crippen LogP) is 5.32. The molecule has 1 atom stereocenters. The molecule has 1 unspecified atom stereocenters. The third-order valence-electron chi connectivity index (χ3n) is 7.47. The minimum atomic E-state index is -4.06. The monoisotopic (exact) mass is 565 g/mol. The first-order valence-corrected chi connectivity index (χ1v) is 15.0. The summed E-state index contributed by atoms with van der Waals surface area (Å²) in [5, 5.41) is 2.97. The van der Waals surface area contributed by atoms with Crippen molar-refractivity contribution < 1.29 is 22.7 Å². The maximum atomic E-state index is 13.8. The Kier molecular flexibility index (Phi) is 9.25. The fourth-order valence-electron chi connectivity index (χ4n) is 4.87. The highest BCUT2D eigenvalue weighted by Gasteiger charge is 2.29. The number of nitrogens with zero attached hydrogens (tertiary/aromatic N) is 2. The van der Waals surface area contributed by atoms with Crippen LogP contribution < -0.4 is 24.0 Å². The molecule has 1 N–H and O–H groups in total. The molecular formula is C31H39N3O5S. The zero-order valence-electron chi connectivity index (χ0n) is 23.9. The molecule has 1 saturated heterocycles. The molecule has 214 valence electrons. The number of methoxy groups -OCH3 is 2. The summed E-state index contributed by atoms with van der Waals surface area (Å²) in [5.41, 5.74) is 3.35. The second kappa shape index (κ2) is 12.6. The summed E-state index contributed by atoms with van der Waals surface area (Å²) in [7, 11) is -1.08. The number of rotatable bonds is 10. The molecule has 0 aliphatic carbocycles. The van der Waals surface area contributed by atoms with Crippen LogP contribution in [0.3, 0.4) is 0 Å². The molecule has 0 bridgehead atoms. The van der Waals surface area contributed by atoms with Gasteiger partial charge in [0, 0.05) is 24.8 Å². The predicted molar refractivity (Wildman–Crippen MR) is 159 cm³/mol. The molecular weight excluding hydrogens is 526 g/mol. The molecule has 0 spiro atoms. The van der Waals surface area contributed by atoms with Crippen LogP contribution in [0.15, 0.2) is 71.6 Å². The van der Waals surface area contributed by atoms with Gasteiger partial charge >= 0.3 is 0 Å². The molecule has 40 heavy (non-hydrogen) atoms. The average molecular weight is 566 g/mol. The SMILES string of the molecule is COc1ccc(N(CC(=O)NC(C)c2ccc(N3CCC(C)CC3)cc2)S(=O)(=O)c2ccc(C)cc2)cc1OC. The van der Waals surface area contributed by atoms with Gasteiger partial charge in [-0.3, -0.25) is 9.10 Å². The second-order valence-corrected chi connectivity index (χ2v) is 12.3. The van der Waals surface area contributed by atoms with Crippen molar-refractivity contribution in [2.75, 3.05) is 43.1 Å². The van der Waals surface area contributed by atoms with Crippen molar-refractivity contribution in [1.82, 2.24) is 5.32 Å². The number of amides is 1. The van der Waals surface area contributed by atoms with Crippen molar-refractivity contribution in [2.45, 2.75) is 44.6 Å². The van der Waals surface area contributed by atoms with Crippen LogP contribution in [0.5, 0.6) is 11.5 Å². The van der Waals surface area contributed by atoms with E-state index in [0.29, 0.717) is 17.2 Å². The molecule has 3 aromatic rings. The van der Waals surface area contributed by atoms with Gasteiger partial charge in [-0.15, -0.1) is 0 Å². The lowest BCUT2D eigenvalue weighted by Crippen LogP contribution is -2.41. The van der Waals surface area contributed by atoms with E-state index in [-0.39, 0.29) is 10.9 Å². The van der Waals surface area contributed by atoms with Crippen LogP contribution in [0.4, 0.5) is 11.4 Å². The number of carbonyl (C=O) groups is 1. The Balaban J connectivity index is 1.54. The summed E-state index contributed by atoms with van der Waals surface area (Å²) in [6.07, 6.45) is 2.38. The van der Waals surface area contributed by atoms with Gasteiger partial charge in [-0.1, -0.05) is 36.8 Å². The van der Waals surface area contributed by atoms with Crippen LogP contribution in [0.25, 0.3) is 0 Å². The Morgan fingerprint density at radius 3 is 2.20 bits per heavy atom. The van der Waals surface area contributed by atoms with E-state index in [0.717, 1.165) is 34.4 Å². The largest absolute Gasteiger partial charge is 0.493 e. The second-order valence-electron chi connectivity index (χ2n) is 10.4. The Hall–Kier alpha value is -3.72. The molecule has 1 heterocycles. The Labute approximate surface area is 238 Å². The summed E-state index contributed by atoms with van der Waals surface area (Å²) in [5.74, 6) is 1.16. The number of carbonyl (C=O) groups excluding carboxylic acids is 1. The van der Waals surface area contributed by atoms with Crippen LogP contribution in [0, 0.1) is 12.8 Å². The lowest BCUT2D eigenvalue weighted by molar-refractivity contribution is -0.120. The Bertz CT molecular complexity index is 1400. The third-order valence-corrected chi connectivity index (χ3v) is 9.26. The van der Waals surface area contributed by atoms with Gasteiger partial charge in [0.25, 0.3) is 10.0 Å². The van der Waals surface area contributed by atoms with Crippen LogP contribution in [-0.4, -0.2) is 48.2 Å². The van der Waals surface area contributed by atoms with Crippen molar-refractivity contribution in [3.63, 3.8) is 0 Å². The molecule has 1 fully saturated rings. The summed E-state index contributed by atoms with van der Waals surface area (Å²) in [6, 6.07) is 19.2. The first-order chi connectivity index (χ1) is 19.1. The zero-order valence-corrected chi connectivity index (χ0v) is 24.7. The van der Waals surface area contributed by atoms with Gasteiger partial charge in [0.05, 0.1) is 30.8 Å². The number of ether oxygens (including phenoxy) is 2. The molecule has 1 aliphatic rings. The minimum Gasteiger partial charge on any atom is -0.493 e. The highest BCUT2D eigenvalue weighted by molar-refractivity contribution is 7.92. The van der Waals surface area contributed by atoms with E-state index in [2.05, 4.69) is 29.3 Å². The standard InChI is InChI=1S/C31H39N3O5S/c1-22-6-13-28(14-7-22)40(36,37)34(27-12-15-29(38-4)30(20-27)39-5)21-31(35)32-24(3)25-8-10-26(11-9-25)33-18-16-23(2)17-19-33/h6-15,20,23-24H,16-19,21H2,1-5H3,(H,32,35). The number of sulfonamides is 1. The first kappa shape index (κ1) is 29.3. The van der Waals surface area contributed by atoms with Gasteiger partial charge < -0.3 is 19.7 Å². The number of hydrogen-bond acceptors (Lipinski definition) is 6. The van der Waals surface area contributed by atoms with Crippen LogP contribution in [-0.2, 0) is 14.8 Å². The van der Waals surface area contributed by atoms with Crippen molar-refractivity contribution in [3.05, 3.63) is 77.9 Å². The van der Waals surface area contributed by atoms with Gasteiger partial charge in [-0.2, -0.15) is 0 Å². The fourth-order valence-corrected chi connectivity index (χ4v) is 6.29. The number of benzene rings is 3. The fraction of sp³-hybridized carbons (Fsp3) is 0.387. The van der Waals surface area contributed by atoms with Gasteiger partial charge in [-0.25, -0.2) is 8.42 Å². The molecule has 9 heteroatoms. The molecule has 0 saturated carbocycles. The molecule has 1 aliphatic heterocycles. The van der Waals surface area contributed by atoms with E-state index in [1.165, 1.54) is 32.7 Å². The summed E-state index contributed by atoms with van der Waals surface area (Å²) in [4.78, 5) is 15.8. The normalized spacial score (nSPS) is 14.9. The number of hydrogen-bond donors (Lipinski definition) is 1. The summed E-state index contributed by atoms with van der Waals surface area (Å²) >= 11 is 0.